The van der Waals surface area contributed by atoms with Crippen molar-refractivity contribution in [3.8, 4) is 0 Å². The highest BCUT2D eigenvalue weighted by Gasteiger charge is 2.22. The van der Waals surface area contributed by atoms with E-state index >= 15 is 0 Å². The van der Waals surface area contributed by atoms with Crippen molar-refractivity contribution in [2.45, 2.75) is 39.3 Å². The molecule has 0 aliphatic carbocycles. The van der Waals surface area contributed by atoms with Crippen molar-refractivity contribution in [1.29, 1.82) is 0 Å². The van der Waals surface area contributed by atoms with Gasteiger partial charge in [0.25, 0.3) is 0 Å². The Hall–Kier alpha value is -1.42. The number of nitrogens with zero attached hydrogens (tertiary/aromatic N) is 3. The van der Waals surface area contributed by atoms with Crippen LogP contribution in [0.15, 0.2) is 18.3 Å². The lowest BCUT2D eigenvalue weighted by Crippen LogP contribution is -2.22. The first-order valence-electron chi connectivity index (χ1n) is 6.81. The summed E-state index contributed by atoms with van der Waals surface area (Å²) in [6.45, 7) is 5.57. The van der Waals surface area contributed by atoms with Gasteiger partial charge in [-0.1, -0.05) is 13.8 Å². The molecule has 18 heavy (non-hydrogen) atoms. The first-order chi connectivity index (χ1) is 8.75. The third kappa shape index (κ3) is 2.01. The molecule has 4 heteroatoms. The molecule has 3 heterocycles. The minimum Gasteiger partial charge on any atom is -0.297 e. The Morgan fingerprint density at radius 2 is 2.39 bits per heavy atom. The van der Waals surface area contributed by atoms with E-state index in [9.17, 15) is 0 Å². The van der Waals surface area contributed by atoms with Crippen molar-refractivity contribution in [3.63, 3.8) is 0 Å². The number of nitrogens with one attached hydrogen (secondary N) is 1. The van der Waals surface area contributed by atoms with Crippen molar-refractivity contribution in [2.24, 2.45) is 5.92 Å². The number of aromatic nitrogens is 3. The van der Waals surface area contributed by atoms with Crippen LogP contribution in [0.4, 0.5) is 0 Å². The Bertz CT molecular complexity index is 538. The number of hydrogen-bond donors (Lipinski definition) is 1. The molecule has 1 fully saturated rings. The molecule has 2 aromatic rings. The van der Waals surface area contributed by atoms with Gasteiger partial charge in [-0.25, -0.2) is 9.97 Å². The zero-order chi connectivity index (χ0) is 12.5. The van der Waals surface area contributed by atoms with E-state index in [2.05, 4.69) is 34.8 Å². The minimum atomic E-state index is 0.374. The summed E-state index contributed by atoms with van der Waals surface area (Å²) in [6, 6.07) is 4.01. The van der Waals surface area contributed by atoms with E-state index in [1.807, 2.05) is 12.3 Å². The first-order valence-corrected chi connectivity index (χ1v) is 6.81. The van der Waals surface area contributed by atoms with E-state index in [4.69, 9.17) is 4.98 Å². The molecule has 1 unspecified atom stereocenters. The molecule has 1 saturated heterocycles. The lowest BCUT2D eigenvalue weighted by atomic mass is 10.1. The van der Waals surface area contributed by atoms with E-state index < -0.39 is 0 Å². The molecule has 3 rings (SSSR count). The fourth-order valence-electron chi connectivity index (χ4n) is 2.70. The van der Waals surface area contributed by atoms with Crippen LogP contribution in [0.25, 0.3) is 11.2 Å². The Morgan fingerprint density at radius 3 is 3.11 bits per heavy atom. The van der Waals surface area contributed by atoms with Crippen LogP contribution in [0.2, 0.25) is 0 Å². The molecule has 0 amide bonds. The molecule has 1 atom stereocenters. The number of hydrogen-bond acceptors (Lipinski definition) is 3. The van der Waals surface area contributed by atoms with E-state index in [1.54, 1.807) is 0 Å². The maximum Gasteiger partial charge on any atom is 0.161 e. The monoisotopic (exact) mass is 244 g/mol. The molecule has 96 valence electrons. The zero-order valence-electron chi connectivity index (χ0n) is 11.1. The van der Waals surface area contributed by atoms with E-state index in [0.717, 1.165) is 30.0 Å². The predicted octanol–water partition coefficient (Wildman–Crippen LogP) is 2.51. The molecule has 1 aliphatic rings. The number of pyridine rings is 1. The molecular formula is C14H20N4. The average Bonchev–Trinajstić information content (AvgIpc) is 2.93. The third-order valence-corrected chi connectivity index (χ3v) is 3.46. The number of fused-ring (bicyclic) bond motifs is 1. The van der Waals surface area contributed by atoms with Gasteiger partial charge in [0.05, 0.1) is 6.17 Å². The normalized spacial score (nSPS) is 20.1. The van der Waals surface area contributed by atoms with Crippen LogP contribution in [0.5, 0.6) is 0 Å². The lowest BCUT2D eigenvalue weighted by Gasteiger charge is -2.17. The maximum absolute atomic E-state index is 4.76. The summed E-state index contributed by atoms with van der Waals surface area (Å²) in [5.74, 6) is 1.78. The van der Waals surface area contributed by atoms with Gasteiger partial charge in [-0.05, 0) is 37.4 Å². The lowest BCUT2D eigenvalue weighted by molar-refractivity contribution is 0.449. The Morgan fingerprint density at radius 1 is 1.50 bits per heavy atom. The van der Waals surface area contributed by atoms with Crippen LogP contribution in [0.1, 0.15) is 38.7 Å². The highest BCUT2D eigenvalue weighted by Crippen LogP contribution is 2.25. The SMILES string of the molecule is CC(C)Cc1nc2cccnc2n1C1CCCN1. The molecule has 0 saturated carbocycles. The van der Waals surface area contributed by atoms with Crippen LogP contribution in [0, 0.1) is 5.92 Å². The van der Waals surface area contributed by atoms with Crippen LogP contribution in [0.3, 0.4) is 0 Å². The molecule has 1 aliphatic heterocycles. The second kappa shape index (κ2) is 4.69. The molecule has 1 N–H and O–H groups in total. The molecule has 0 spiro atoms. The van der Waals surface area contributed by atoms with Gasteiger partial charge in [0, 0.05) is 12.6 Å². The summed E-state index contributed by atoms with van der Waals surface area (Å²) < 4.78 is 2.31. The molecule has 4 nitrogen and oxygen atoms in total. The van der Waals surface area contributed by atoms with Crippen molar-refractivity contribution in [3.05, 3.63) is 24.2 Å². The fourth-order valence-corrected chi connectivity index (χ4v) is 2.70. The first kappa shape index (κ1) is 11.7. The summed E-state index contributed by atoms with van der Waals surface area (Å²) in [7, 11) is 0. The summed E-state index contributed by atoms with van der Waals surface area (Å²) in [5, 5.41) is 3.55. The fraction of sp³-hybridized carbons (Fsp3) is 0.571. The maximum atomic E-state index is 4.76. The van der Waals surface area contributed by atoms with Crippen molar-refractivity contribution >= 4 is 11.2 Å². The van der Waals surface area contributed by atoms with E-state index in [1.165, 1.54) is 12.8 Å². The van der Waals surface area contributed by atoms with Gasteiger partial charge >= 0.3 is 0 Å². The second-order valence-corrected chi connectivity index (χ2v) is 5.45. The summed E-state index contributed by atoms with van der Waals surface area (Å²) >= 11 is 0. The Kier molecular flexibility index (Phi) is 3.04. The van der Waals surface area contributed by atoms with E-state index in [0.29, 0.717) is 12.1 Å². The average molecular weight is 244 g/mol. The van der Waals surface area contributed by atoms with Gasteiger partial charge in [0.1, 0.15) is 11.3 Å². The quantitative estimate of drug-likeness (QED) is 0.902. The Balaban J connectivity index is 2.11. The topological polar surface area (TPSA) is 42.7 Å². The van der Waals surface area contributed by atoms with Gasteiger partial charge in [0.2, 0.25) is 0 Å². The summed E-state index contributed by atoms with van der Waals surface area (Å²) in [4.78, 5) is 9.27. The number of rotatable bonds is 3. The third-order valence-electron chi connectivity index (χ3n) is 3.46. The van der Waals surface area contributed by atoms with Crippen LogP contribution >= 0.6 is 0 Å². The summed E-state index contributed by atoms with van der Waals surface area (Å²) in [5.41, 5.74) is 2.04. The highest BCUT2D eigenvalue weighted by atomic mass is 15.3. The molecule has 0 aromatic carbocycles. The molecule has 0 radical (unpaired) electrons. The highest BCUT2D eigenvalue weighted by molar-refractivity contribution is 5.71. The standard InChI is InChI=1S/C14H20N4/c1-10(2)9-13-17-11-5-3-8-16-14(11)18(13)12-6-4-7-15-12/h3,5,8,10,12,15H,4,6-7,9H2,1-2H3. The zero-order valence-corrected chi connectivity index (χ0v) is 11.1. The van der Waals surface area contributed by atoms with Crippen molar-refractivity contribution in [2.75, 3.05) is 6.54 Å². The minimum absolute atomic E-state index is 0.374. The molecule has 0 bridgehead atoms. The number of imidazole rings is 1. The van der Waals surface area contributed by atoms with Gasteiger partial charge in [-0.3, -0.25) is 9.88 Å². The van der Waals surface area contributed by atoms with E-state index in [-0.39, 0.29) is 0 Å². The van der Waals surface area contributed by atoms with Gasteiger partial charge in [0.15, 0.2) is 5.65 Å². The second-order valence-electron chi connectivity index (χ2n) is 5.45. The van der Waals surface area contributed by atoms with Gasteiger partial charge in [-0.2, -0.15) is 0 Å². The molecule has 2 aromatic heterocycles. The van der Waals surface area contributed by atoms with Crippen LogP contribution < -0.4 is 5.32 Å². The van der Waals surface area contributed by atoms with Crippen LogP contribution in [-0.4, -0.2) is 21.1 Å². The van der Waals surface area contributed by atoms with Crippen molar-refractivity contribution in [1.82, 2.24) is 19.9 Å². The molecular weight excluding hydrogens is 224 g/mol. The predicted molar refractivity (Wildman–Crippen MR) is 72.3 cm³/mol. The van der Waals surface area contributed by atoms with Crippen molar-refractivity contribution < 1.29 is 0 Å². The smallest absolute Gasteiger partial charge is 0.161 e. The van der Waals surface area contributed by atoms with Gasteiger partial charge < -0.3 is 0 Å². The largest absolute Gasteiger partial charge is 0.297 e. The summed E-state index contributed by atoms with van der Waals surface area (Å²) in [6.07, 6.45) is 5.65. The van der Waals surface area contributed by atoms with Crippen LogP contribution in [-0.2, 0) is 6.42 Å². The Labute approximate surface area is 107 Å². The van der Waals surface area contributed by atoms with Gasteiger partial charge in [-0.15, -0.1) is 0 Å².